The number of ether oxygens (including phenoxy) is 2. The Balaban J connectivity index is 1.32. The minimum absolute atomic E-state index is 0.219. The lowest BCUT2D eigenvalue weighted by Crippen LogP contribution is -2.24. The van der Waals surface area contributed by atoms with Gasteiger partial charge in [-0.3, -0.25) is 14.4 Å². The fraction of sp³-hybridized carbons (Fsp3) is 0.154. The average Bonchev–Trinajstić information content (AvgIpc) is 2.85. The smallest absolute Gasteiger partial charge is 0.344 e. The standard InChI is InChI=1S/C26H21NO6/c1-2-16-7-10-18(11-8-16)32-15-24(29)33-14-23(28)27-17-9-12-21-22(13-17)26(31)20-6-4-3-5-19(20)25(21)30/h3-13H,2,14-15H2,1H3,(H,27,28). The monoisotopic (exact) mass is 443 g/mol. The van der Waals surface area contributed by atoms with Crippen LogP contribution in [-0.4, -0.2) is 36.7 Å². The number of nitrogens with one attached hydrogen (secondary N) is 1. The number of ketones is 2. The third-order valence-electron chi connectivity index (χ3n) is 5.26. The second-order valence-electron chi connectivity index (χ2n) is 7.46. The zero-order valence-electron chi connectivity index (χ0n) is 17.9. The summed E-state index contributed by atoms with van der Waals surface area (Å²) < 4.78 is 10.3. The quantitative estimate of drug-likeness (QED) is 0.439. The number of rotatable bonds is 7. The summed E-state index contributed by atoms with van der Waals surface area (Å²) in [5.41, 5.74) is 2.67. The van der Waals surface area contributed by atoms with E-state index in [1.54, 1.807) is 36.4 Å². The molecule has 0 unspecified atom stereocenters. The van der Waals surface area contributed by atoms with Crippen molar-refractivity contribution in [2.24, 2.45) is 0 Å². The van der Waals surface area contributed by atoms with Crippen LogP contribution in [0.25, 0.3) is 0 Å². The Labute approximate surface area is 190 Å². The van der Waals surface area contributed by atoms with Crippen LogP contribution in [0.15, 0.2) is 66.7 Å². The number of anilines is 1. The lowest BCUT2D eigenvalue weighted by atomic mass is 9.84. The molecule has 33 heavy (non-hydrogen) atoms. The maximum Gasteiger partial charge on any atom is 0.344 e. The molecule has 1 amide bonds. The van der Waals surface area contributed by atoms with Crippen LogP contribution in [0.2, 0.25) is 0 Å². The topological polar surface area (TPSA) is 98.8 Å². The van der Waals surface area contributed by atoms with Crippen molar-refractivity contribution < 1.29 is 28.7 Å². The number of carbonyl (C=O) groups is 4. The summed E-state index contributed by atoms with van der Waals surface area (Å²) in [5.74, 6) is -1.26. The maximum absolute atomic E-state index is 12.8. The summed E-state index contributed by atoms with van der Waals surface area (Å²) in [6, 6.07) is 18.4. The summed E-state index contributed by atoms with van der Waals surface area (Å²) >= 11 is 0. The number of esters is 1. The van der Waals surface area contributed by atoms with Gasteiger partial charge in [0.15, 0.2) is 24.8 Å². The number of amides is 1. The highest BCUT2D eigenvalue weighted by Gasteiger charge is 2.29. The van der Waals surface area contributed by atoms with Crippen molar-refractivity contribution in [3.05, 3.63) is 94.5 Å². The fourth-order valence-corrected chi connectivity index (χ4v) is 3.53. The molecule has 4 rings (SSSR count). The van der Waals surface area contributed by atoms with Gasteiger partial charge in [0.05, 0.1) is 0 Å². The molecule has 0 aliphatic heterocycles. The van der Waals surface area contributed by atoms with Gasteiger partial charge in [-0.2, -0.15) is 0 Å². The molecule has 3 aromatic rings. The number of benzene rings is 3. The van der Waals surface area contributed by atoms with Crippen LogP contribution in [0.1, 0.15) is 44.3 Å². The second-order valence-corrected chi connectivity index (χ2v) is 7.46. The number of fused-ring (bicyclic) bond motifs is 2. The third-order valence-corrected chi connectivity index (χ3v) is 5.26. The van der Waals surface area contributed by atoms with Crippen molar-refractivity contribution in [3.8, 4) is 5.75 Å². The minimum atomic E-state index is -0.687. The molecule has 7 heteroatoms. The molecule has 7 nitrogen and oxygen atoms in total. The Kier molecular flexibility index (Phi) is 6.31. The normalized spacial score (nSPS) is 11.9. The molecule has 0 radical (unpaired) electrons. The van der Waals surface area contributed by atoms with E-state index in [0.717, 1.165) is 12.0 Å². The highest BCUT2D eigenvalue weighted by Crippen LogP contribution is 2.29. The van der Waals surface area contributed by atoms with Crippen molar-refractivity contribution in [2.75, 3.05) is 18.5 Å². The summed E-state index contributed by atoms with van der Waals surface area (Å²) in [6.07, 6.45) is 0.902. The molecule has 3 aromatic carbocycles. The lowest BCUT2D eigenvalue weighted by molar-refractivity contribution is -0.149. The van der Waals surface area contributed by atoms with Crippen LogP contribution >= 0.6 is 0 Å². The van der Waals surface area contributed by atoms with Crippen LogP contribution in [-0.2, 0) is 20.7 Å². The van der Waals surface area contributed by atoms with E-state index in [9.17, 15) is 19.2 Å². The molecule has 0 bridgehead atoms. The summed E-state index contributed by atoms with van der Waals surface area (Å²) in [6.45, 7) is 1.20. The van der Waals surface area contributed by atoms with Gasteiger partial charge in [0.1, 0.15) is 5.75 Å². The molecular weight excluding hydrogens is 422 g/mol. The van der Waals surface area contributed by atoms with Gasteiger partial charge in [-0.25, -0.2) is 4.79 Å². The highest BCUT2D eigenvalue weighted by atomic mass is 16.6. The zero-order valence-corrected chi connectivity index (χ0v) is 17.9. The van der Waals surface area contributed by atoms with Crippen molar-refractivity contribution in [2.45, 2.75) is 13.3 Å². The van der Waals surface area contributed by atoms with Gasteiger partial charge in [0.2, 0.25) is 0 Å². The SMILES string of the molecule is CCc1ccc(OCC(=O)OCC(=O)Nc2ccc3c(c2)C(=O)c2ccccc2C3=O)cc1. The van der Waals surface area contributed by atoms with E-state index in [4.69, 9.17) is 9.47 Å². The van der Waals surface area contributed by atoms with E-state index in [-0.39, 0.29) is 29.3 Å². The maximum atomic E-state index is 12.8. The number of hydrogen-bond donors (Lipinski definition) is 1. The van der Waals surface area contributed by atoms with Gasteiger partial charge in [-0.05, 0) is 42.3 Å². The summed E-state index contributed by atoms with van der Waals surface area (Å²) in [7, 11) is 0. The van der Waals surface area contributed by atoms with Crippen LogP contribution in [0, 0.1) is 0 Å². The van der Waals surface area contributed by atoms with Crippen LogP contribution in [0.4, 0.5) is 5.69 Å². The number of carbonyl (C=O) groups excluding carboxylic acids is 4. The Morgan fingerprint density at radius 1 is 0.788 bits per heavy atom. The average molecular weight is 443 g/mol. The molecule has 0 saturated carbocycles. The van der Waals surface area contributed by atoms with Crippen molar-refractivity contribution in [3.63, 3.8) is 0 Å². The van der Waals surface area contributed by atoms with E-state index in [0.29, 0.717) is 22.6 Å². The summed E-state index contributed by atoms with van der Waals surface area (Å²) in [5, 5.41) is 2.57. The summed E-state index contributed by atoms with van der Waals surface area (Å²) in [4.78, 5) is 49.5. The van der Waals surface area contributed by atoms with Gasteiger partial charge in [0, 0.05) is 27.9 Å². The van der Waals surface area contributed by atoms with Crippen LogP contribution < -0.4 is 10.1 Å². The van der Waals surface area contributed by atoms with E-state index >= 15 is 0 Å². The van der Waals surface area contributed by atoms with E-state index < -0.39 is 18.5 Å². The molecule has 0 saturated heterocycles. The lowest BCUT2D eigenvalue weighted by Gasteiger charge is -2.18. The molecule has 1 N–H and O–H groups in total. The number of hydrogen-bond acceptors (Lipinski definition) is 6. The molecule has 1 aliphatic carbocycles. The molecule has 166 valence electrons. The molecule has 0 aromatic heterocycles. The largest absolute Gasteiger partial charge is 0.482 e. The molecule has 0 atom stereocenters. The first-order valence-corrected chi connectivity index (χ1v) is 10.5. The molecule has 0 heterocycles. The number of aryl methyl sites for hydroxylation is 1. The van der Waals surface area contributed by atoms with Crippen molar-refractivity contribution >= 4 is 29.1 Å². The third kappa shape index (κ3) is 4.82. The van der Waals surface area contributed by atoms with Gasteiger partial charge >= 0.3 is 5.97 Å². The molecule has 0 spiro atoms. The Morgan fingerprint density at radius 2 is 1.42 bits per heavy atom. The first kappa shape index (κ1) is 22.0. The minimum Gasteiger partial charge on any atom is -0.482 e. The molecular formula is C26H21NO6. The van der Waals surface area contributed by atoms with Gasteiger partial charge in [-0.15, -0.1) is 0 Å². The van der Waals surface area contributed by atoms with Crippen LogP contribution in [0.3, 0.4) is 0 Å². The molecule has 1 aliphatic rings. The van der Waals surface area contributed by atoms with E-state index in [1.807, 2.05) is 19.1 Å². The molecule has 0 fully saturated rings. The first-order chi connectivity index (χ1) is 16.0. The van der Waals surface area contributed by atoms with Crippen molar-refractivity contribution in [1.82, 2.24) is 0 Å². The van der Waals surface area contributed by atoms with Gasteiger partial charge in [0.25, 0.3) is 5.91 Å². The van der Waals surface area contributed by atoms with Crippen molar-refractivity contribution in [1.29, 1.82) is 0 Å². The Morgan fingerprint density at radius 3 is 2.09 bits per heavy atom. The first-order valence-electron chi connectivity index (χ1n) is 10.5. The Hall–Kier alpha value is -4.26. The van der Waals surface area contributed by atoms with Crippen LogP contribution in [0.5, 0.6) is 5.75 Å². The van der Waals surface area contributed by atoms with Gasteiger partial charge < -0.3 is 14.8 Å². The predicted octanol–water partition coefficient (Wildman–Crippen LogP) is 3.59. The van der Waals surface area contributed by atoms with Gasteiger partial charge in [-0.1, -0.05) is 43.3 Å². The fourth-order valence-electron chi connectivity index (χ4n) is 3.53. The predicted molar refractivity (Wildman–Crippen MR) is 121 cm³/mol. The van der Waals surface area contributed by atoms with E-state index in [2.05, 4.69) is 5.32 Å². The zero-order chi connectivity index (χ0) is 23.4. The highest BCUT2D eigenvalue weighted by molar-refractivity contribution is 6.28. The Bertz CT molecular complexity index is 1250. The van der Waals surface area contributed by atoms with E-state index in [1.165, 1.54) is 18.2 Å². The second kappa shape index (κ2) is 9.48.